The molecule has 114 valence electrons. The van der Waals surface area contributed by atoms with Crippen LogP contribution in [0.4, 0.5) is 0 Å². The number of piperidine rings is 1. The molecule has 0 aromatic carbocycles. The molecule has 2 amide bonds. The highest BCUT2D eigenvalue weighted by Crippen LogP contribution is 2.30. The van der Waals surface area contributed by atoms with Crippen molar-refractivity contribution in [1.29, 1.82) is 0 Å². The maximum absolute atomic E-state index is 12.6. The van der Waals surface area contributed by atoms with Crippen LogP contribution in [0.2, 0.25) is 0 Å². The summed E-state index contributed by atoms with van der Waals surface area (Å²) in [5.74, 6) is 0.675. The van der Waals surface area contributed by atoms with E-state index in [2.05, 4.69) is 12.2 Å². The van der Waals surface area contributed by atoms with Crippen LogP contribution in [0.3, 0.4) is 0 Å². The molecule has 20 heavy (non-hydrogen) atoms. The number of nitrogens with zero attached hydrogens (tertiary/aromatic N) is 1. The van der Waals surface area contributed by atoms with Crippen molar-refractivity contribution in [1.82, 2.24) is 10.2 Å². The van der Waals surface area contributed by atoms with Gasteiger partial charge in [-0.25, -0.2) is 0 Å². The van der Waals surface area contributed by atoms with Crippen molar-refractivity contribution in [2.45, 2.75) is 58.0 Å². The average molecular weight is 281 g/mol. The van der Waals surface area contributed by atoms with Gasteiger partial charge in [0, 0.05) is 32.1 Å². The van der Waals surface area contributed by atoms with Crippen LogP contribution in [0.1, 0.15) is 46.0 Å². The fraction of sp³-hybridized carbons (Fsp3) is 0.867. The number of rotatable bonds is 2. The van der Waals surface area contributed by atoms with Gasteiger partial charge in [-0.05, 0) is 31.6 Å². The molecule has 0 radical (unpaired) electrons. The van der Waals surface area contributed by atoms with Gasteiger partial charge in [0.15, 0.2) is 0 Å². The minimum Gasteiger partial charge on any atom is -0.353 e. The third kappa shape index (κ3) is 3.51. The van der Waals surface area contributed by atoms with Gasteiger partial charge in [-0.3, -0.25) is 9.59 Å². The lowest BCUT2D eigenvalue weighted by Crippen LogP contribution is -2.52. The third-order valence-corrected chi connectivity index (χ3v) is 4.83. The highest BCUT2D eigenvalue weighted by Gasteiger charge is 2.36. The number of hydrogen-bond acceptors (Lipinski definition) is 3. The molecule has 2 fully saturated rings. The molecule has 0 aromatic heterocycles. The minimum atomic E-state index is -0.00364. The summed E-state index contributed by atoms with van der Waals surface area (Å²) in [6.45, 7) is 5.16. The van der Waals surface area contributed by atoms with Crippen LogP contribution in [0.5, 0.6) is 0 Å². The largest absolute Gasteiger partial charge is 0.353 e. The summed E-state index contributed by atoms with van der Waals surface area (Å²) in [4.78, 5) is 25.6. The molecule has 2 aliphatic rings. The number of nitrogens with two attached hydrogens (primary N) is 1. The molecule has 3 atom stereocenters. The number of nitrogens with one attached hydrogen (secondary N) is 1. The first kappa shape index (κ1) is 15.3. The predicted octanol–water partition coefficient (Wildman–Crippen LogP) is 0.877. The first-order valence-corrected chi connectivity index (χ1v) is 7.80. The van der Waals surface area contributed by atoms with Crippen molar-refractivity contribution in [3.63, 3.8) is 0 Å². The van der Waals surface area contributed by atoms with E-state index in [1.807, 2.05) is 4.90 Å². The Labute approximate surface area is 121 Å². The van der Waals surface area contributed by atoms with Gasteiger partial charge in [-0.2, -0.15) is 0 Å². The van der Waals surface area contributed by atoms with Crippen LogP contribution in [0.25, 0.3) is 0 Å². The number of amides is 2. The Balaban J connectivity index is 1.86. The van der Waals surface area contributed by atoms with Gasteiger partial charge in [0.05, 0.1) is 5.92 Å². The second-order valence-corrected chi connectivity index (χ2v) is 6.39. The molecule has 0 bridgehead atoms. The van der Waals surface area contributed by atoms with Crippen molar-refractivity contribution >= 4 is 11.8 Å². The zero-order valence-electron chi connectivity index (χ0n) is 12.6. The fourth-order valence-electron chi connectivity index (χ4n) is 3.50. The Morgan fingerprint density at radius 1 is 1.15 bits per heavy atom. The van der Waals surface area contributed by atoms with E-state index in [0.29, 0.717) is 5.92 Å². The van der Waals surface area contributed by atoms with Crippen LogP contribution in [-0.2, 0) is 9.59 Å². The molecule has 1 saturated heterocycles. The lowest BCUT2D eigenvalue weighted by atomic mass is 9.77. The number of carbonyl (C=O) groups excluding carboxylic acids is 2. The second kappa shape index (κ2) is 6.57. The van der Waals surface area contributed by atoms with Crippen LogP contribution < -0.4 is 11.1 Å². The van der Waals surface area contributed by atoms with E-state index in [1.54, 1.807) is 6.92 Å². The highest BCUT2D eigenvalue weighted by atomic mass is 16.2. The summed E-state index contributed by atoms with van der Waals surface area (Å²) in [6, 6.07) is 0.222. The monoisotopic (exact) mass is 281 g/mol. The molecular weight excluding hydrogens is 254 g/mol. The van der Waals surface area contributed by atoms with Crippen LogP contribution in [-0.4, -0.2) is 41.9 Å². The zero-order chi connectivity index (χ0) is 14.7. The molecule has 1 saturated carbocycles. The lowest BCUT2D eigenvalue weighted by molar-refractivity contribution is -0.139. The minimum absolute atomic E-state index is 0.00364. The van der Waals surface area contributed by atoms with Gasteiger partial charge in [0.1, 0.15) is 0 Å². The van der Waals surface area contributed by atoms with Gasteiger partial charge >= 0.3 is 0 Å². The molecular formula is C15H27N3O2. The van der Waals surface area contributed by atoms with Crippen molar-refractivity contribution in [2.24, 2.45) is 17.6 Å². The highest BCUT2D eigenvalue weighted by molar-refractivity contribution is 5.80. The summed E-state index contributed by atoms with van der Waals surface area (Å²) in [7, 11) is 0. The molecule has 5 nitrogen and oxygen atoms in total. The van der Waals surface area contributed by atoms with Gasteiger partial charge in [-0.15, -0.1) is 0 Å². The molecule has 0 aromatic rings. The van der Waals surface area contributed by atoms with E-state index in [9.17, 15) is 9.59 Å². The predicted molar refractivity (Wildman–Crippen MR) is 77.9 cm³/mol. The van der Waals surface area contributed by atoms with Crippen LogP contribution in [0, 0.1) is 11.8 Å². The van der Waals surface area contributed by atoms with E-state index in [0.717, 1.165) is 45.2 Å². The summed E-state index contributed by atoms with van der Waals surface area (Å²) in [5, 5.41) is 2.93. The van der Waals surface area contributed by atoms with E-state index < -0.39 is 0 Å². The SMILES string of the molecule is CC(=O)NC1CCN(C(=O)C2CCCC(C)C2N)CC1. The maximum atomic E-state index is 12.6. The van der Waals surface area contributed by atoms with Crippen molar-refractivity contribution in [3.8, 4) is 0 Å². The summed E-state index contributed by atoms with van der Waals surface area (Å²) < 4.78 is 0. The topological polar surface area (TPSA) is 75.4 Å². The third-order valence-electron chi connectivity index (χ3n) is 4.83. The van der Waals surface area contributed by atoms with Crippen molar-refractivity contribution in [2.75, 3.05) is 13.1 Å². The van der Waals surface area contributed by atoms with E-state index >= 15 is 0 Å². The molecule has 1 heterocycles. The van der Waals surface area contributed by atoms with Gasteiger partial charge in [0.2, 0.25) is 11.8 Å². The Hall–Kier alpha value is -1.10. The Kier molecular flexibility index (Phi) is 5.02. The van der Waals surface area contributed by atoms with Crippen LogP contribution in [0.15, 0.2) is 0 Å². The molecule has 3 N–H and O–H groups in total. The molecule has 2 rings (SSSR count). The van der Waals surface area contributed by atoms with Crippen molar-refractivity contribution < 1.29 is 9.59 Å². The van der Waals surface area contributed by atoms with Gasteiger partial charge in [0.25, 0.3) is 0 Å². The normalized spacial score (nSPS) is 31.9. The Morgan fingerprint density at radius 3 is 2.40 bits per heavy atom. The van der Waals surface area contributed by atoms with Crippen LogP contribution >= 0.6 is 0 Å². The first-order chi connectivity index (χ1) is 9.49. The number of likely N-dealkylation sites (tertiary alicyclic amines) is 1. The van der Waals surface area contributed by atoms with E-state index in [1.165, 1.54) is 0 Å². The quantitative estimate of drug-likeness (QED) is 0.789. The second-order valence-electron chi connectivity index (χ2n) is 6.39. The van der Waals surface area contributed by atoms with Crippen molar-refractivity contribution in [3.05, 3.63) is 0 Å². The van der Waals surface area contributed by atoms with E-state index in [4.69, 9.17) is 5.73 Å². The number of hydrogen-bond donors (Lipinski definition) is 2. The Morgan fingerprint density at radius 2 is 1.80 bits per heavy atom. The maximum Gasteiger partial charge on any atom is 0.227 e. The smallest absolute Gasteiger partial charge is 0.227 e. The Bertz CT molecular complexity index is 364. The summed E-state index contributed by atoms with van der Waals surface area (Å²) in [5.41, 5.74) is 6.22. The molecule has 1 aliphatic heterocycles. The summed E-state index contributed by atoms with van der Waals surface area (Å²) >= 11 is 0. The zero-order valence-corrected chi connectivity index (χ0v) is 12.6. The molecule has 3 unspecified atom stereocenters. The first-order valence-electron chi connectivity index (χ1n) is 7.80. The molecule has 1 aliphatic carbocycles. The average Bonchev–Trinajstić information content (AvgIpc) is 2.41. The number of carbonyl (C=O) groups is 2. The van der Waals surface area contributed by atoms with E-state index in [-0.39, 0.29) is 29.8 Å². The molecule has 0 spiro atoms. The van der Waals surface area contributed by atoms with Gasteiger partial charge in [-0.1, -0.05) is 13.3 Å². The summed E-state index contributed by atoms with van der Waals surface area (Å²) in [6.07, 6.45) is 4.87. The van der Waals surface area contributed by atoms with Gasteiger partial charge < -0.3 is 16.0 Å². The fourth-order valence-corrected chi connectivity index (χ4v) is 3.50. The standard InChI is InChI=1S/C15H27N3O2/c1-10-4-3-5-13(14(10)16)15(20)18-8-6-12(7-9-18)17-11(2)19/h10,12-14H,3-9,16H2,1-2H3,(H,17,19). The molecule has 5 heteroatoms. The lowest BCUT2D eigenvalue weighted by Gasteiger charge is -2.39.